The number of aromatic nitrogens is 2. The quantitative estimate of drug-likeness (QED) is 0.615. The smallest absolute Gasteiger partial charge is 0.134 e. The van der Waals surface area contributed by atoms with Crippen LogP contribution in [0.2, 0.25) is 5.02 Å². The highest BCUT2D eigenvalue weighted by Crippen LogP contribution is 2.23. The van der Waals surface area contributed by atoms with Gasteiger partial charge in [-0.3, -0.25) is 4.68 Å². The Labute approximate surface area is 73.6 Å². The Bertz CT molecular complexity index is 397. The lowest BCUT2D eigenvalue weighted by Crippen LogP contribution is -1.84. The molecule has 2 rings (SSSR count). The fourth-order valence-corrected chi connectivity index (χ4v) is 1.36. The van der Waals surface area contributed by atoms with Crippen molar-refractivity contribution < 1.29 is 4.39 Å². The van der Waals surface area contributed by atoms with E-state index in [4.69, 9.17) is 11.6 Å². The Morgan fingerprint density at radius 3 is 2.92 bits per heavy atom. The maximum absolute atomic E-state index is 13.1. The summed E-state index contributed by atoms with van der Waals surface area (Å²) in [6, 6.07) is 2.85. The SMILES string of the molecule is Cn1cc2c(F)ccc(Cl)c2n1. The molecule has 4 heteroatoms. The molecule has 0 radical (unpaired) electrons. The molecule has 1 heterocycles. The van der Waals surface area contributed by atoms with Crippen LogP contribution in [0.5, 0.6) is 0 Å². The van der Waals surface area contributed by atoms with Gasteiger partial charge in [0.05, 0.1) is 10.4 Å². The molecule has 2 aromatic rings. The molecule has 0 atom stereocenters. The zero-order valence-electron chi connectivity index (χ0n) is 6.38. The first-order valence-corrected chi connectivity index (χ1v) is 3.83. The molecule has 0 spiro atoms. The minimum atomic E-state index is -0.289. The summed E-state index contributed by atoms with van der Waals surface area (Å²) in [7, 11) is 1.73. The third-order valence-corrected chi connectivity index (χ3v) is 1.99. The van der Waals surface area contributed by atoms with Gasteiger partial charge in [0.15, 0.2) is 0 Å². The van der Waals surface area contributed by atoms with Crippen molar-refractivity contribution in [2.75, 3.05) is 0 Å². The van der Waals surface area contributed by atoms with Crippen molar-refractivity contribution in [2.45, 2.75) is 0 Å². The van der Waals surface area contributed by atoms with Gasteiger partial charge in [-0.05, 0) is 12.1 Å². The van der Waals surface area contributed by atoms with E-state index in [9.17, 15) is 4.39 Å². The lowest BCUT2D eigenvalue weighted by Gasteiger charge is -1.91. The normalized spacial score (nSPS) is 10.9. The van der Waals surface area contributed by atoms with Gasteiger partial charge in [-0.25, -0.2) is 4.39 Å². The van der Waals surface area contributed by atoms with Crippen molar-refractivity contribution in [1.82, 2.24) is 9.78 Å². The van der Waals surface area contributed by atoms with Gasteiger partial charge in [0.2, 0.25) is 0 Å². The molecular formula is C8H6ClFN2. The van der Waals surface area contributed by atoms with E-state index in [1.54, 1.807) is 17.9 Å². The Morgan fingerprint density at radius 2 is 2.25 bits per heavy atom. The summed E-state index contributed by atoms with van der Waals surface area (Å²) in [6.07, 6.45) is 1.61. The van der Waals surface area contributed by atoms with Gasteiger partial charge in [0.1, 0.15) is 11.3 Å². The summed E-state index contributed by atoms with van der Waals surface area (Å²) < 4.78 is 14.6. The molecular weight excluding hydrogens is 179 g/mol. The van der Waals surface area contributed by atoms with E-state index >= 15 is 0 Å². The van der Waals surface area contributed by atoms with Crippen LogP contribution < -0.4 is 0 Å². The van der Waals surface area contributed by atoms with Gasteiger partial charge in [0, 0.05) is 13.2 Å². The molecule has 1 aromatic heterocycles. The lowest BCUT2D eigenvalue weighted by atomic mass is 10.2. The fourth-order valence-electron chi connectivity index (χ4n) is 1.15. The Kier molecular flexibility index (Phi) is 1.54. The van der Waals surface area contributed by atoms with Crippen LogP contribution in [0.25, 0.3) is 10.9 Å². The number of hydrogen-bond donors (Lipinski definition) is 0. The van der Waals surface area contributed by atoms with Crippen molar-refractivity contribution in [3.63, 3.8) is 0 Å². The first-order chi connectivity index (χ1) is 5.68. The molecule has 0 aliphatic carbocycles. The van der Waals surface area contributed by atoms with E-state index < -0.39 is 0 Å². The number of rotatable bonds is 0. The van der Waals surface area contributed by atoms with Crippen molar-refractivity contribution in [1.29, 1.82) is 0 Å². The molecule has 0 fully saturated rings. The van der Waals surface area contributed by atoms with Crippen LogP contribution in [0.4, 0.5) is 4.39 Å². The molecule has 0 saturated carbocycles. The monoisotopic (exact) mass is 184 g/mol. The average molecular weight is 185 g/mol. The van der Waals surface area contributed by atoms with Crippen LogP contribution in [0.15, 0.2) is 18.3 Å². The Balaban J connectivity index is 2.93. The van der Waals surface area contributed by atoms with Crippen LogP contribution >= 0.6 is 11.6 Å². The van der Waals surface area contributed by atoms with Gasteiger partial charge >= 0.3 is 0 Å². The van der Waals surface area contributed by atoms with Crippen LogP contribution in [-0.2, 0) is 7.05 Å². The Hall–Kier alpha value is -1.09. The van der Waals surface area contributed by atoms with Gasteiger partial charge in [-0.15, -0.1) is 0 Å². The molecule has 1 aromatic carbocycles. The standard InChI is InChI=1S/C8H6ClFN2/c1-12-4-5-7(10)3-2-6(9)8(5)11-12/h2-4H,1H3. The molecule has 0 unspecified atom stereocenters. The number of halogens is 2. The molecule has 0 N–H and O–H groups in total. The second kappa shape index (κ2) is 2.45. The Morgan fingerprint density at radius 1 is 1.50 bits per heavy atom. The van der Waals surface area contributed by atoms with Crippen LogP contribution in [0, 0.1) is 5.82 Å². The fraction of sp³-hybridized carbons (Fsp3) is 0.125. The first-order valence-electron chi connectivity index (χ1n) is 3.46. The largest absolute Gasteiger partial charge is 0.274 e. The van der Waals surface area contributed by atoms with E-state index in [1.807, 2.05) is 0 Å². The second-order valence-electron chi connectivity index (χ2n) is 2.59. The lowest BCUT2D eigenvalue weighted by molar-refractivity contribution is 0.639. The summed E-state index contributed by atoms with van der Waals surface area (Å²) in [5.41, 5.74) is 0.513. The van der Waals surface area contributed by atoms with Crippen LogP contribution in [0.1, 0.15) is 0 Å². The maximum Gasteiger partial charge on any atom is 0.134 e. The van der Waals surface area contributed by atoms with E-state index in [-0.39, 0.29) is 5.82 Å². The highest BCUT2D eigenvalue weighted by atomic mass is 35.5. The summed E-state index contributed by atoms with van der Waals surface area (Å²) in [4.78, 5) is 0. The topological polar surface area (TPSA) is 17.8 Å². The predicted octanol–water partition coefficient (Wildman–Crippen LogP) is 2.37. The summed E-state index contributed by atoms with van der Waals surface area (Å²) in [5.74, 6) is -0.289. The average Bonchev–Trinajstić information content (AvgIpc) is 2.41. The third kappa shape index (κ3) is 0.975. The molecule has 0 amide bonds. The molecule has 0 bridgehead atoms. The summed E-state index contributed by atoms with van der Waals surface area (Å²) >= 11 is 5.80. The van der Waals surface area contributed by atoms with E-state index in [0.29, 0.717) is 15.9 Å². The zero-order chi connectivity index (χ0) is 8.72. The molecule has 0 aliphatic heterocycles. The van der Waals surface area contributed by atoms with E-state index in [2.05, 4.69) is 5.10 Å². The van der Waals surface area contributed by atoms with Crippen molar-refractivity contribution >= 4 is 22.5 Å². The number of hydrogen-bond acceptors (Lipinski definition) is 1. The van der Waals surface area contributed by atoms with E-state index in [1.165, 1.54) is 12.1 Å². The summed E-state index contributed by atoms with van der Waals surface area (Å²) in [6.45, 7) is 0. The molecule has 12 heavy (non-hydrogen) atoms. The minimum absolute atomic E-state index is 0.289. The van der Waals surface area contributed by atoms with Crippen molar-refractivity contribution in [2.24, 2.45) is 7.05 Å². The number of benzene rings is 1. The zero-order valence-corrected chi connectivity index (χ0v) is 7.14. The molecule has 0 saturated heterocycles. The first kappa shape index (κ1) is 7.55. The highest BCUT2D eigenvalue weighted by molar-refractivity contribution is 6.35. The predicted molar refractivity (Wildman–Crippen MR) is 45.7 cm³/mol. The molecule has 62 valence electrons. The summed E-state index contributed by atoms with van der Waals surface area (Å²) in [5, 5.41) is 4.96. The van der Waals surface area contributed by atoms with Gasteiger partial charge in [0.25, 0.3) is 0 Å². The number of aryl methyl sites for hydroxylation is 1. The van der Waals surface area contributed by atoms with E-state index in [0.717, 1.165) is 0 Å². The van der Waals surface area contributed by atoms with Crippen molar-refractivity contribution in [3.8, 4) is 0 Å². The minimum Gasteiger partial charge on any atom is -0.274 e. The van der Waals surface area contributed by atoms with Crippen LogP contribution in [0.3, 0.4) is 0 Å². The third-order valence-electron chi connectivity index (χ3n) is 1.69. The maximum atomic E-state index is 13.1. The van der Waals surface area contributed by atoms with Gasteiger partial charge < -0.3 is 0 Å². The van der Waals surface area contributed by atoms with Crippen molar-refractivity contribution in [3.05, 3.63) is 29.2 Å². The number of fused-ring (bicyclic) bond motifs is 1. The number of nitrogens with zero attached hydrogens (tertiary/aromatic N) is 2. The molecule has 2 nitrogen and oxygen atoms in total. The van der Waals surface area contributed by atoms with Crippen LogP contribution in [-0.4, -0.2) is 9.78 Å². The van der Waals surface area contributed by atoms with Gasteiger partial charge in [-0.2, -0.15) is 5.10 Å². The molecule has 0 aliphatic rings. The second-order valence-corrected chi connectivity index (χ2v) is 3.00. The van der Waals surface area contributed by atoms with Gasteiger partial charge in [-0.1, -0.05) is 11.6 Å². The highest BCUT2D eigenvalue weighted by Gasteiger charge is 2.07.